The Balaban J connectivity index is 5.35. The lowest BCUT2D eigenvalue weighted by atomic mass is 10.0. The number of hydrogen-bond acceptors (Lipinski definition) is 8. The molecule has 0 radical (unpaired) electrons. The number of nitrogens with two attached hydrogens (primary N) is 3. The molecule has 5 unspecified atom stereocenters. The minimum atomic E-state index is -1.41. The van der Waals surface area contributed by atoms with Crippen molar-refractivity contribution in [3.63, 3.8) is 0 Å². The molecule has 0 aromatic rings. The van der Waals surface area contributed by atoms with E-state index in [1.54, 1.807) is 0 Å². The molecule has 0 aromatic heterocycles. The Labute approximate surface area is 201 Å². The second-order valence-electron chi connectivity index (χ2n) is 8.99. The number of aliphatic hydroxyl groups is 1. The number of aliphatic carboxylic acids is 1. The number of unbranched alkanes of at least 4 members (excludes halogenated alkanes) is 2. The van der Waals surface area contributed by atoms with Crippen molar-refractivity contribution in [1.82, 2.24) is 16.0 Å². The topological polar surface area (TPSA) is 223 Å². The first kappa shape index (κ1) is 31.7. The van der Waals surface area contributed by atoms with E-state index in [1.165, 1.54) is 6.92 Å². The van der Waals surface area contributed by atoms with Gasteiger partial charge in [0, 0.05) is 0 Å². The molecule has 0 fully saturated rings. The smallest absolute Gasteiger partial charge is 0.326 e. The van der Waals surface area contributed by atoms with E-state index in [0.717, 1.165) is 6.42 Å². The highest BCUT2D eigenvalue weighted by Crippen LogP contribution is 2.08. The standard InChI is InChI=1S/C22H44N6O6/c1-13(2)12-17(22(33)34)27-21(32)18(14(3)29)28-20(31)16(9-5-7-11-24)26-19(30)15(25)8-4-6-10-23/h13-18,29H,4-12,23-25H2,1-3H3,(H,26,30)(H,27,32)(H,28,31)(H,33,34). The molecule has 0 rings (SSSR count). The molecule has 34 heavy (non-hydrogen) atoms. The third-order valence-corrected chi connectivity index (χ3v) is 5.27. The van der Waals surface area contributed by atoms with Crippen LogP contribution in [0.15, 0.2) is 0 Å². The molecular weight excluding hydrogens is 444 g/mol. The molecule has 0 saturated carbocycles. The fourth-order valence-corrected chi connectivity index (χ4v) is 3.29. The van der Waals surface area contributed by atoms with Crippen LogP contribution in [0.2, 0.25) is 0 Å². The van der Waals surface area contributed by atoms with Crippen molar-refractivity contribution in [3.05, 3.63) is 0 Å². The lowest BCUT2D eigenvalue weighted by molar-refractivity contribution is -0.143. The summed E-state index contributed by atoms with van der Waals surface area (Å²) in [6, 6.07) is -4.40. The van der Waals surface area contributed by atoms with Crippen molar-refractivity contribution in [2.75, 3.05) is 13.1 Å². The van der Waals surface area contributed by atoms with E-state index >= 15 is 0 Å². The average Bonchev–Trinajstić information content (AvgIpc) is 2.75. The van der Waals surface area contributed by atoms with E-state index in [0.29, 0.717) is 38.8 Å². The number of hydrogen-bond donors (Lipinski definition) is 8. The fraction of sp³-hybridized carbons (Fsp3) is 0.818. The molecule has 12 nitrogen and oxygen atoms in total. The van der Waals surface area contributed by atoms with Crippen LogP contribution in [0.3, 0.4) is 0 Å². The summed E-state index contributed by atoms with van der Waals surface area (Å²) in [6.07, 6.45) is 2.09. The monoisotopic (exact) mass is 488 g/mol. The van der Waals surface area contributed by atoms with Crippen molar-refractivity contribution in [2.24, 2.45) is 23.1 Å². The molecule has 0 spiro atoms. The Morgan fingerprint density at radius 2 is 1.29 bits per heavy atom. The number of nitrogens with one attached hydrogen (secondary N) is 3. The van der Waals surface area contributed by atoms with Crippen molar-refractivity contribution in [2.45, 2.75) is 96.0 Å². The maximum absolute atomic E-state index is 13.0. The highest BCUT2D eigenvalue weighted by atomic mass is 16.4. The first-order chi connectivity index (χ1) is 15.9. The number of carbonyl (C=O) groups excluding carboxylic acids is 3. The largest absolute Gasteiger partial charge is 0.480 e. The van der Waals surface area contributed by atoms with Crippen molar-refractivity contribution in [1.29, 1.82) is 0 Å². The zero-order chi connectivity index (χ0) is 26.3. The van der Waals surface area contributed by atoms with Gasteiger partial charge in [-0.1, -0.05) is 20.3 Å². The highest BCUT2D eigenvalue weighted by molar-refractivity contribution is 5.94. The van der Waals surface area contributed by atoms with E-state index in [2.05, 4.69) is 16.0 Å². The van der Waals surface area contributed by atoms with Gasteiger partial charge in [0.1, 0.15) is 18.1 Å². The third kappa shape index (κ3) is 12.8. The first-order valence-electron chi connectivity index (χ1n) is 11.9. The number of rotatable bonds is 18. The van der Waals surface area contributed by atoms with E-state index < -0.39 is 54.0 Å². The Morgan fingerprint density at radius 3 is 1.76 bits per heavy atom. The van der Waals surface area contributed by atoms with Gasteiger partial charge in [0.15, 0.2) is 0 Å². The molecular formula is C22H44N6O6. The van der Waals surface area contributed by atoms with Crippen LogP contribution in [0, 0.1) is 5.92 Å². The highest BCUT2D eigenvalue weighted by Gasteiger charge is 2.32. The zero-order valence-electron chi connectivity index (χ0n) is 20.6. The molecule has 5 atom stereocenters. The molecule has 0 aromatic carbocycles. The summed E-state index contributed by atoms with van der Waals surface area (Å²) in [4.78, 5) is 49.6. The van der Waals surface area contributed by atoms with Crippen LogP contribution >= 0.6 is 0 Å². The molecule has 0 aliphatic heterocycles. The van der Waals surface area contributed by atoms with Gasteiger partial charge in [0.2, 0.25) is 17.7 Å². The minimum absolute atomic E-state index is 0.00260. The van der Waals surface area contributed by atoms with Crippen molar-refractivity contribution >= 4 is 23.7 Å². The van der Waals surface area contributed by atoms with Gasteiger partial charge < -0.3 is 43.4 Å². The minimum Gasteiger partial charge on any atom is -0.480 e. The molecule has 0 heterocycles. The zero-order valence-corrected chi connectivity index (χ0v) is 20.6. The molecule has 198 valence electrons. The molecule has 0 bridgehead atoms. The van der Waals surface area contributed by atoms with Gasteiger partial charge in [0.25, 0.3) is 0 Å². The van der Waals surface area contributed by atoms with Gasteiger partial charge in [-0.05, 0) is 64.5 Å². The normalized spacial score (nSPS) is 15.6. The van der Waals surface area contributed by atoms with Gasteiger partial charge >= 0.3 is 5.97 Å². The van der Waals surface area contributed by atoms with Gasteiger partial charge in [-0.2, -0.15) is 0 Å². The second kappa shape index (κ2) is 17.2. The molecule has 3 amide bonds. The molecule has 0 aliphatic carbocycles. The predicted octanol–water partition coefficient (Wildman–Crippen LogP) is -1.46. The first-order valence-corrected chi connectivity index (χ1v) is 11.9. The van der Waals surface area contributed by atoms with Crippen LogP contribution in [0.1, 0.15) is 65.7 Å². The Bertz CT molecular complexity index is 645. The Hall–Kier alpha value is -2.28. The SMILES string of the molecule is CC(C)CC(NC(=O)C(NC(=O)C(CCCCN)NC(=O)C(N)CCCCN)C(C)O)C(=O)O. The van der Waals surface area contributed by atoms with E-state index in [9.17, 15) is 29.4 Å². The predicted molar refractivity (Wildman–Crippen MR) is 128 cm³/mol. The maximum atomic E-state index is 13.0. The summed E-state index contributed by atoms with van der Waals surface area (Å²) in [5, 5.41) is 26.9. The third-order valence-electron chi connectivity index (χ3n) is 5.27. The summed E-state index contributed by atoms with van der Waals surface area (Å²) in [7, 11) is 0. The molecule has 11 N–H and O–H groups in total. The summed E-state index contributed by atoms with van der Waals surface area (Å²) >= 11 is 0. The van der Waals surface area contributed by atoms with E-state index in [-0.39, 0.29) is 18.8 Å². The number of carboxylic acids is 1. The lowest BCUT2D eigenvalue weighted by Crippen LogP contribution is -2.59. The van der Waals surface area contributed by atoms with E-state index in [1.807, 2.05) is 13.8 Å². The summed E-state index contributed by atoms with van der Waals surface area (Å²) in [5.74, 6) is -3.24. The van der Waals surface area contributed by atoms with Crippen molar-refractivity contribution in [3.8, 4) is 0 Å². The van der Waals surface area contributed by atoms with Crippen LogP contribution in [0.25, 0.3) is 0 Å². The van der Waals surface area contributed by atoms with Crippen LogP contribution in [0.5, 0.6) is 0 Å². The summed E-state index contributed by atoms with van der Waals surface area (Å²) < 4.78 is 0. The van der Waals surface area contributed by atoms with Crippen LogP contribution in [-0.4, -0.2) is 77.3 Å². The second-order valence-corrected chi connectivity index (χ2v) is 8.99. The van der Waals surface area contributed by atoms with E-state index in [4.69, 9.17) is 17.2 Å². The number of carbonyl (C=O) groups is 4. The lowest BCUT2D eigenvalue weighted by Gasteiger charge is -2.27. The Kier molecular flexibility index (Phi) is 16.0. The molecule has 12 heteroatoms. The summed E-state index contributed by atoms with van der Waals surface area (Å²) in [6.45, 7) is 5.82. The van der Waals surface area contributed by atoms with Gasteiger partial charge in [-0.3, -0.25) is 14.4 Å². The maximum Gasteiger partial charge on any atom is 0.326 e. The Morgan fingerprint density at radius 1 is 0.765 bits per heavy atom. The number of amides is 3. The number of carboxylic acid groups (broad SMARTS) is 1. The van der Waals surface area contributed by atoms with Crippen LogP contribution in [-0.2, 0) is 19.2 Å². The molecule has 0 saturated heterocycles. The van der Waals surface area contributed by atoms with Gasteiger partial charge in [0.05, 0.1) is 12.1 Å². The fourth-order valence-electron chi connectivity index (χ4n) is 3.29. The van der Waals surface area contributed by atoms with Gasteiger partial charge in [-0.15, -0.1) is 0 Å². The summed E-state index contributed by atoms with van der Waals surface area (Å²) in [5.41, 5.74) is 16.9. The molecule has 0 aliphatic rings. The van der Waals surface area contributed by atoms with Crippen molar-refractivity contribution < 1.29 is 29.4 Å². The number of aliphatic hydroxyl groups excluding tert-OH is 1. The van der Waals surface area contributed by atoms with Gasteiger partial charge in [-0.25, -0.2) is 4.79 Å². The van der Waals surface area contributed by atoms with Crippen LogP contribution in [0.4, 0.5) is 0 Å². The van der Waals surface area contributed by atoms with Crippen LogP contribution < -0.4 is 33.2 Å². The quantitative estimate of drug-likeness (QED) is 0.105. The average molecular weight is 489 g/mol.